The van der Waals surface area contributed by atoms with E-state index in [0.29, 0.717) is 26.4 Å². The van der Waals surface area contributed by atoms with Crippen LogP contribution in [0.25, 0.3) is 11.0 Å². The monoisotopic (exact) mass is 961 g/mol. The molecule has 0 unspecified atom stereocenters. The van der Waals surface area contributed by atoms with Gasteiger partial charge in [0, 0.05) is 11.1 Å². The lowest BCUT2D eigenvalue weighted by atomic mass is 10.1. The average molecular weight is 961 g/mol. The molecule has 0 N–H and O–H groups in total. The molecule has 1 aromatic heterocycles. The van der Waals surface area contributed by atoms with Crippen LogP contribution in [-0.4, -0.2) is 35.2 Å². The van der Waals surface area contributed by atoms with E-state index in [1.54, 1.807) is 0 Å². The molecular formula is C62H92N2O4S. The second-order valence-electron chi connectivity index (χ2n) is 19.2. The van der Waals surface area contributed by atoms with Crippen molar-refractivity contribution in [2.75, 3.05) is 26.4 Å². The van der Waals surface area contributed by atoms with E-state index in [-0.39, 0.29) is 0 Å². The van der Waals surface area contributed by atoms with Gasteiger partial charge < -0.3 is 18.9 Å². The van der Waals surface area contributed by atoms with Crippen molar-refractivity contribution in [2.45, 2.75) is 233 Å². The summed E-state index contributed by atoms with van der Waals surface area (Å²) in [4.78, 5) is 0. The van der Waals surface area contributed by atoms with E-state index >= 15 is 0 Å². The Morgan fingerprint density at radius 2 is 0.594 bits per heavy atom. The highest BCUT2D eigenvalue weighted by atomic mass is 32.1. The lowest BCUT2D eigenvalue weighted by Crippen LogP contribution is -2.03. The van der Waals surface area contributed by atoms with E-state index in [2.05, 4.69) is 60.1 Å². The van der Waals surface area contributed by atoms with Crippen LogP contribution in [0.1, 0.15) is 255 Å². The first kappa shape index (κ1) is 57.4. The Balaban J connectivity index is 1.41. The molecule has 0 amide bonds. The first-order chi connectivity index (χ1) is 34.2. The molecule has 1 heterocycles. The zero-order valence-corrected chi connectivity index (χ0v) is 44.8. The van der Waals surface area contributed by atoms with Crippen LogP contribution in [0.2, 0.25) is 0 Å². The third-order valence-corrected chi connectivity index (χ3v) is 13.5. The lowest BCUT2D eigenvalue weighted by Gasteiger charge is -2.13. The molecule has 0 saturated carbocycles. The topological polar surface area (TPSA) is 62.7 Å². The summed E-state index contributed by atoms with van der Waals surface area (Å²) in [5, 5.41) is 0. The summed E-state index contributed by atoms with van der Waals surface area (Å²) in [5.74, 6) is 16.8. The van der Waals surface area contributed by atoms with Gasteiger partial charge in [0.25, 0.3) is 0 Å². The van der Waals surface area contributed by atoms with Gasteiger partial charge in [-0.1, -0.05) is 231 Å². The molecule has 4 aromatic rings. The van der Waals surface area contributed by atoms with Gasteiger partial charge in [0.1, 0.15) is 11.0 Å². The van der Waals surface area contributed by atoms with Crippen molar-refractivity contribution in [1.82, 2.24) is 8.75 Å². The SMILES string of the molecule is CCCCCCCCCCOc1ccc(C#Cc2ccc(C#Cc3ccc(OCCCCCCCCCC)c(OCCCCCCCCCC)c3)c3nsnc23)cc1OCCCCCCCCCC. The number of benzene rings is 3. The van der Waals surface area contributed by atoms with Crippen LogP contribution >= 0.6 is 11.7 Å². The largest absolute Gasteiger partial charge is 0.490 e. The van der Waals surface area contributed by atoms with Gasteiger partial charge in [-0.05, 0) is 74.2 Å². The average Bonchev–Trinajstić information content (AvgIpc) is 3.87. The van der Waals surface area contributed by atoms with Gasteiger partial charge in [-0.15, -0.1) is 0 Å². The molecule has 0 aliphatic heterocycles. The molecule has 0 saturated heterocycles. The third kappa shape index (κ3) is 25.0. The zero-order chi connectivity index (χ0) is 48.7. The Bertz CT molecular complexity index is 1910. The predicted octanol–water partition coefficient (Wildman–Crippen LogP) is 18.6. The number of unbranched alkanes of at least 4 members (excludes halogenated alkanes) is 28. The molecule has 0 bridgehead atoms. The Morgan fingerprint density at radius 1 is 0.319 bits per heavy atom. The van der Waals surface area contributed by atoms with Gasteiger partial charge in [-0.3, -0.25) is 0 Å². The van der Waals surface area contributed by atoms with Crippen LogP contribution in [0.3, 0.4) is 0 Å². The van der Waals surface area contributed by atoms with Gasteiger partial charge in [-0.2, -0.15) is 8.75 Å². The van der Waals surface area contributed by atoms with E-state index in [1.165, 1.54) is 192 Å². The fourth-order valence-corrected chi connectivity index (χ4v) is 9.23. The fourth-order valence-electron chi connectivity index (χ4n) is 8.66. The standard InChI is InChI=1S/C62H92N2O4S/c1-5-9-13-17-21-25-29-33-47-65-57-45-39-53(51-59(57)67-49-35-31-27-23-19-15-11-7-3)37-41-55-43-44-56(62-61(55)63-69-64-62)42-38-54-40-46-58(66-48-34-30-26-22-18-14-10-6-2)60(52-54)68-50-36-32-28-24-20-16-12-8-4/h39-40,43-46,51-52H,5-36,47-50H2,1-4H3. The van der Waals surface area contributed by atoms with Crippen LogP contribution in [-0.2, 0) is 0 Å². The number of nitrogens with zero attached hydrogens (tertiary/aromatic N) is 2. The first-order valence-electron chi connectivity index (χ1n) is 28.2. The predicted molar refractivity (Wildman–Crippen MR) is 295 cm³/mol. The van der Waals surface area contributed by atoms with Crippen molar-refractivity contribution < 1.29 is 18.9 Å². The Labute approximate surface area is 425 Å². The number of hydrogen-bond acceptors (Lipinski definition) is 7. The molecule has 0 aliphatic rings. The van der Waals surface area contributed by atoms with Crippen molar-refractivity contribution in [3.05, 3.63) is 70.8 Å². The summed E-state index contributed by atoms with van der Waals surface area (Å²) in [7, 11) is 0. The van der Waals surface area contributed by atoms with Crippen molar-refractivity contribution in [1.29, 1.82) is 0 Å². The summed E-state index contributed by atoms with van der Waals surface area (Å²) < 4.78 is 34.8. The molecule has 380 valence electrons. The van der Waals surface area contributed by atoms with Gasteiger partial charge in [0.05, 0.1) is 49.3 Å². The fraction of sp³-hybridized carbons (Fsp3) is 0.645. The molecule has 0 atom stereocenters. The molecule has 3 aromatic carbocycles. The van der Waals surface area contributed by atoms with E-state index in [0.717, 1.165) is 82.0 Å². The molecule has 7 heteroatoms. The minimum atomic E-state index is 0.679. The molecule has 4 rings (SSSR count). The molecule has 0 spiro atoms. The number of ether oxygens (including phenoxy) is 4. The maximum Gasteiger partial charge on any atom is 0.162 e. The maximum atomic E-state index is 6.40. The van der Waals surface area contributed by atoms with Crippen LogP contribution in [0.5, 0.6) is 23.0 Å². The van der Waals surface area contributed by atoms with Gasteiger partial charge in [0.2, 0.25) is 0 Å². The van der Waals surface area contributed by atoms with Crippen LogP contribution < -0.4 is 18.9 Å². The number of fused-ring (bicyclic) bond motifs is 1. The number of aromatic nitrogens is 2. The summed E-state index contributed by atoms with van der Waals surface area (Å²) >= 11 is 1.20. The molecule has 0 fully saturated rings. The smallest absolute Gasteiger partial charge is 0.162 e. The van der Waals surface area contributed by atoms with Crippen molar-refractivity contribution in [3.8, 4) is 46.7 Å². The Kier molecular flexibility index (Phi) is 32.0. The molecule has 0 radical (unpaired) electrons. The number of hydrogen-bond donors (Lipinski definition) is 0. The minimum Gasteiger partial charge on any atom is -0.490 e. The maximum absolute atomic E-state index is 6.40. The van der Waals surface area contributed by atoms with E-state index < -0.39 is 0 Å². The number of rotatable bonds is 40. The highest BCUT2D eigenvalue weighted by Crippen LogP contribution is 2.31. The van der Waals surface area contributed by atoms with Gasteiger partial charge in [-0.25, -0.2) is 0 Å². The summed E-state index contributed by atoms with van der Waals surface area (Å²) in [5.41, 5.74) is 4.97. The normalized spacial score (nSPS) is 11.0. The first-order valence-corrected chi connectivity index (χ1v) is 29.0. The van der Waals surface area contributed by atoms with Gasteiger partial charge >= 0.3 is 0 Å². The van der Waals surface area contributed by atoms with Crippen LogP contribution in [0, 0.1) is 23.7 Å². The third-order valence-electron chi connectivity index (χ3n) is 13.0. The quantitative estimate of drug-likeness (QED) is 0.0327. The summed E-state index contributed by atoms with van der Waals surface area (Å²) in [6, 6.07) is 16.2. The molecule has 0 aliphatic carbocycles. The van der Waals surface area contributed by atoms with Crippen LogP contribution in [0.15, 0.2) is 48.5 Å². The second kappa shape index (κ2) is 38.5. The highest BCUT2D eigenvalue weighted by molar-refractivity contribution is 7.00. The zero-order valence-electron chi connectivity index (χ0n) is 44.0. The van der Waals surface area contributed by atoms with Crippen molar-refractivity contribution in [2.24, 2.45) is 0 Å². The highest BCUT2D eigenvalue weighted by Gasteiger charge is 2.11. The minimum absolute atomic E-state index is 0.679. The molecule has 69 heavy (non-hydrogen) atoms. The van der Waals surface area contributed by atoms with E-state index in [9.17, 15) is 0 Å². The van der Waals surface area contributed by atoms with E-state index in [4.69, 9.17) is 18.9 Å². The van der Waals surface area contributed by atoms with Gasteiger partial charge in [0.15, 0.2) is 23.0 Å². The summed E-state index contributed by atoms with van der Waals surface area (Å²) in [6.45, 7) is 11.9. The van der Waals surface area contributed by atoms with Crippen molar-refractivity contribution in [3.63, 3.8) is 0 Å². The second-order valence-corrected chi connectivity index (χ2v) is 19.8. The Hall–Kier alpha value is -4.20. The summed E-state index contributed by atoms with van der Waals surface area (Å²) in [6.07, 6.45) is 40.7. The lowest BCUT2D eigenvalue weighted by molar-refractivity contribution is 0.258. The molecule has 6 nitrogen and oxygen atoms in total. The van der Waals surface area contributed by atoms with E-state index in [1.807, 2.05) is 48.5 Å². The van der Waals surface area contributed by atoms with Crippen molar-refractivity contribution >= 4 is 22.8 Å². The molecular weight excluding hydrogens is 869 g/mol. The van der Waals surface area contributed by atoms with Crippen LogP contribution in [0.4, 0.5) is 0 Å². The Morgan fingerprint density at radius 3 is 0.899 bits per heavy atom.